The van der Waals surface area contributed by atoms with Gasteiger partial charge in [-0.15, -0.1) is 0 Å². The van der Waals surface area contributed by atoms with Crippen LogP contribution in [0.2, 0.25) is 5.02 Å². The zero-order chi connectivity index (χ0) is 25.3. The third kappa shape index (κ3) is 4.66. The second kappa shape index (κ2) is 9.92. The molecule has 1 heterocycles. The minimum Gasteiger partial charge on any atom is -0.496 e. The van der Waals surface area contributed by atoms with Crippen LogP contribution in [-0.2, 0) is 13.1 Å². The number of anilines is 1. The summed E-state index contributed by atoms with van der Waals surface area (Å²) in [4.78, 5) is 29.0. The summed E-state index contributed by atoms with van der Waals surface area (Å²) < 4.78 is 33.9. The van der Waals surface area contributed by atoms with E-state index in [-0.39, 0.29) is 46.9 Å². The number of fused-ring (bicyclic) bond motifs is 1. The minimum atomic E-state index is -0.527. The van der Waals surface area contributed by atoms with E-state index in [4.69, 9.17) is 16.3 Å². The molecule has 1 atom stereocenters. The van der Waals surface area contributed by atoms with Gasteiger partial charge in [-0.2, -0.15) is 0 Å². The molecule has 0 bridgehead atoms. The molecule has 1 aliphatic heterocycles. The van der Waals surface area contributed by atoms with Gasteiger partial charge in [0, 0.05) is 35.3 Å². The average Bonchev–Trinajstić information content (AvgIpc) is 2.85. The molecule has 0 saturated carbocycles. The number of methoxy groups -OCH3 is 1. The van der Waals surface area contributed by atoms with E-state index in [0.717, 1.165) is 5.56 Å². The smallest absolute Gasteiger partial charge is 0.325 e. The van der Waals surface area contributed by atoms with Gasteiger partial charge in [-0.1, -0.05) is 29.8 Å². The Morgan fingerprint density at radius 3 is 2.46 bits per heavy atom. The maximum atomic E-state index is 14.5. The van der Waals surface area contributed by atoms with Gasteiger partial charge in [0.25, 0.3) is 5.91 Å². The fraction of sp³-hybridized carbons (Fsp3) is 0.231. The number of hydrogen-bond acceptors (Lipinski definition) is 3. The minimum absolute atomic E-state index is 0.0849. The topological polar surface area (TPSA) is 61.9 Å². The van der Waals surface area contributed by atoms with E-state index in [1.54, 1.807) is 42.3 Å². The van der Waals surface area contributed by atoms with Crippen LogP contribution in [0.25, 0.3) is 0 Å². The third-order valence-electron chi connectivity index (χ3n) is 6.25. The van der Waals surface area contributed by atoms with Crippen molar-refractivity contribution in [1.82, 2.24) is 10.2 Å². The molecule has 35 heavy (non-hydrogen) atoms. The van der Waals surface area contributed by atoms with E-state index in [9.17, 15) is 18.4 Å². The lowest BCUT2D eigenvalue weighted by Crippen LogP contribution is -2.46. The number of benzene rings is 3. The maximum absolute atomic E-state index is 14.5. The molecular weight excluding hydrogens is 476 g/mol. The summed E-state index contributed by atoms with van der Waals surface area (Å²) in [6.07, 6.45) is 0. The van der Waals surface area contributed by atoms with Crippen LogP contribution in [0.3, 0.4) is 0 Å². The zero-order valence-electron chi connectivity index (χ0n) is 19.4. The number of carbonyl (C=O) groups is 2. The van der Waals surface area contributed by atoms with E-state index in [0.29, 0.717) is 11.4 Å². The predicted octanol–water partition coefficient (Wildman–Crippen LogP) is 5.69. The molecular formula is C26H24ClF2N3O3. The Hall–Kier alpha value is -3.65. The molecule has 3 aromatic rings. The lowest BCUT2D eigenvalue weighted by Gasteiger charge is -2.39. The quantitative estimate of drug-likeness (QED) is 0.474. The van der Waals surface area contributed by atoms with E-state index < -0.39 is 17.5 Å². The molecule has 9 heteroatoms. The maximum Gasteiger partial charge on any atom is 0.325 e. The highest BCUT2D eigenvalue weighted by Gasteiger charge is 2.34. The Labute approximate surface area is 207 Å². The molecule has 0 radical (unpaired) electrons. The molecule has 3 aromatic carbocycles. The van der Waals surface area contributed by atoms with Gasteiger partial charge in [0.1, 0.15) is 17.4 Å². The number of carbonyl (C=O) groups excluding carboxylic acids is 2. The number of rotatable bonds is 6. The number of nitrogens with zero attached hydrogens (tertiary/aromatic N) is 2. The summed E-state index contributed by atoms with van der Waals surface area (Å²) in [7, 11) is 3.09. The van der Waals surface area contributed by atoms with Gasteiger partial charge >= 0.3 is 6.03 Å². The van der Waals surface area contributed by atoms with Crippen molar-refractivity contribution in [2.45, 2.75) is 26.1 Å². The predicted molar refractivity (Wildman–Crippen MR) is 130 cm³/mol. The highest BCUT2D eigenvalue weighted by Crippen LogP contribution is 2.38. The first-order valence-corrected chi connectivity index (χ1v) is 11.3. The Bertz CT molecular complexity index is 1280. The standard InChI is InChI=1S/C26H24ClF2N3O3/c1-15-17-11-10-16(25(33)30-13-18-21(28)8-5-9-24(18)35-3)12-23(17)32(26(34)31(15)2)14-19-20(27)6-4-7-22(19)29/h4-12,15H,13-14H2,1-3H3,(H,30,33). The van der Waals surface area contributed by atoms with Gasteiger partial charge in [0.2, 0.25) is 0 Å². The Balaban J connectivity index is 1.65. The number of ether oxygens (including phenoxy) is 1. The molecule has 4 rings (SSSR count). The van der Waals surface area contributed by atoms with Crippen LogP contribution in [0.5, 0.6) is 5.75 Å². The molecule has 3 amide bonds. The molecule has 0 aliphatic carbocycles. The SMILES string of the molecule is COc1cccc(F)c1CNC(=O)c1ccc2c(c1)N(Cc1c(F)cccc1Cl)C(=O)N(C)C2C. The van der Waals surface area contributed by atoms with Gasteiger partial charge in [-0.25, -0.2) is 13.6 Å². The average molecular weight is 500 g/mol. The zero-order valence-corrected chi connectivity index (χ0v) is 20.2. The monoisotopic (exact) mass is 499 g/mol. The van der Waals surface area contributed by atoms with Crippen molar-refractivity contribution in [3.63, 3.8) is 0 Å². The summed E-state index contributed by atoms with van der Waals surface area (Å²) >= 11 is 6.21. The fourth-order valence-corrected chi connectivity index (χ4v) is 4.33. The molecule has 0 aromatic heterocycles. The number of urea groups is 1. The summed E-state index contributed by atoms with van der Waals surface area (Å²) in [6, 6.07) is 13.1. The van der Waals surface area contributed by atoms with Crippen molar-refractivity contribution in [3.05, 3.63) is 93.5 Å². The van der Waals surface area contributed by atoms with Crippen molar-refractivity contribution < 1.29 is 23.1 Å². The summed E-state index contributed by atoms with van der Waals surface area (Å²) in [6.45, 7) is 1.68. The normalized spacial score (nSPS) is 15.1. The van der Waals surface area contributed by atoms with Crippen molar-refractivity contribution in [2.24, 2.45) is 0 Å². The molecule has 1 unspecified atom stereocenters. The molecule has 0 saturated heterocycles. The van der Waals surface area contributed by atoms with Crippen LogP contribution >= 0.6 is 11.6 Å². The fourth-order valence-electron chi connectivity index (χ4n) is 4.11. The highest BCUT2D eigenvalue weighted by atomic mass is 35.5. The van der Waals surface area contributed by atoms with Crippen LogP contribution in [0.1, 0.15) is 40.0 Å². The Morgan fingerprint density at radius 2 is 1.77 bits per heavy atom. The van der Waals surface area contributed by atoms with Crippen LogP contribution in [0, 0.1) is 11.6 Å². The van der Waals surface area contributed by atoms with Gasteiger partial charge in [0.05, 0.1) is 25.4 Å². The molecule has 1 aliphatic rings. The number of nitrogens with one attached hydrogen (secondary N) is 1. The molecule has 0 spiro atoms. The number of halogens is 3. The molecule has 6 nitrogen and oxygen atoms in total. The second-order valence-corrected chi connectivity index (χ2v) is 8.64. The molecule has 0 fully saturated rings. The van der Waals surface area contributed by atoms with Crippen molar-refractivity contribution >= 4 is 29.2 Å². The largest absolute Gasteiger partial charge is 0.496 e. The summed E-state index contributed by atoms with van der Waals surface area (Å²) in [5, 5.41) is 2.90. The number of amides is 3. The number of hydrogen-bond donors (Lipinski definition) is 1. The lowest BCUT2D eigenvalue weighted by atomic mass is 9.98. The summed E-state index contributed by atoms with van der Waals surface area (Å²) in [5.74, 6) is -1.15. The molecule has 182 valence electrons. The van der Waals surface area contributed by atoms with Crippen LogP contribution in [0.4, 0.5) is 19.3 Å². The van der Waals surface area contributed by atoms with Crippen molar-refractivity contribution in [3.8, 4) is 5.75 Å². The lowest BCUT2D eigenvalue weighted by molar-refractivity contribution is 0.0950. The first kappa shape index (κ1) is 24.5. The Morgan fingerprint density at radius 1 is 1.09 bits per heavy atom. The summed E-state index contributed by atoms with van der Waals surface area (Å²) in [5.41, 5.74) is 1.96. The van der Waals surface area contributed by atoms with Crippen molar-refractivity contribution in [2.75, 3.05) is 19.1 Å². The van der Waals surface area contributed by atoms with Gasteiger partial charge in [-0.3, -0.25) is 9.69 Å². The van der Waals surface area contributed by atoms with Gasteiger partial charge in [0.15, 0.2) is 0 Å². The second-order valence-electron chi connectivity index (χ2n) is 8.23. The van der Waals surface area contributed by atoms with Gasteiger partial charge in [-0.05, 0) is 48.9 Å². The van der Waals surface area contributed by atoms with Crippen molar-refractivity contribution in [1.29, 1.82) is 0 Å². The first-order chi connectivity index (χ1) is 16.7. The first-order valence-electron chi connectivity index (χ1n) is 10.9. The Kier molecular flexibility index (Phi) is 6.93. The highest BCUT2D eigenvalue weighted by molar-refractivity contribution is 6.31. The van der Waals surface area contributed by atoms with E-state index >= 15 is 0 Å². The van der Waals surface area contributed by atoms with Gasteiger partial charge < -0.3 is 15.0 Å². The third-order valence-corrected chi connectivity index (χ3v) is 6.60. The van der Waals surface area contributed by atoms with Crippen LogP contribution in [0.15, 0.2) is 54.6 Å². The van der Waals surface area contributed by atoms with E-state index in [1.165, 1.54) is 36.3 Å². The molecule has 1 N–H and O–H groups in total. The van der Waals surface area contributed by atoms with E-state index in [2.05, 4.69) is 5.32 Å². The van der Waals surface area contributed by atoms with Crippen LogP contribution in [-0.4, -0.2) is 31.0 Å². The van der Waals surface area contributed by atoms with Crippen LogP contribution < -0.4 is 15.0 Å². The van der Waals surface area contributed by atoms with E-state index in [1.807, 2.05) is 6.92 Å².